The molecule has 1 fully saturated rings. The Bertz CT molecular complexity index is 1060. The molecule has 0 unspecified atom stereocenters. The molecule has 4 atom stereocenters. The number of nitrogens with one attached hydrogen (secondary N) is 1. The summed E-state index contributed by atoms with van der Waals surface area (Å²) in [5.41, 5.74) is -2.72. The Hall–Kier alpha value is -2.89. The lowest BCUT2D eigenvalue weighted by atomic mass is 9.90. The van der Waals surface area contributed by atoms with Gasteiger partial charge in [-0.05, 0) is 6.42 Å². The van der Waals surface area contributed by atoms with Crippen LogP contribution < -0.4 is 11.0 Å². The summed E-state index contributed by atoms with van der Waals surface area (Å²) in [4.78, 5) is 53.2. The summed E-state index contributed by atoms with van der Waals surface area (Å²) in [6.45, 7) is 11.1. The largest absolute Gasteiger partial charge is 0.462 e. The van der Waals surface area contributed by atoms with Crippen LogP contribution in [0.4, 0.5) is 14.6 Å². The van der Waals surface area contributed by atoms with E-state index >= 15 is 4.39 Å². The number of esters is 2. The van der Waals surface area contributed by atoms with Crippen LogP contribution in [0.2, 0.25) is 0 Å². The molecule has 0 aromatic carbocycles. The monoisotopic (exact) mass is 543 g/mol. The Morgan fingerprint density at radius 1 is 1.11 bits per heavy atom. The second kappa shape index (κ2) is 13.3. The molecule has 1 N–H and O–H groups in total. The SMILES string of the molecule is CCCCC[C@]1(COC(=O)C(C)C)O[C@@H](n2cc(F)c(NC(=O)C(C)C)nc2=O)[C@@H](F)[C@@H]1OC(=O)C(C)C. The number of amides is 1. The quantitative estimate of drug-likeness (QED) is 0.311. The first-order chi connectivity index (χ1) is 17.7. The highest BCUT2D eigenvalue weighted by atomic mass is 19.1. The first-order valence-electron chi connectivity index (χ1n) is 13.0. The van der Waals surface area contributed by atoms with E-state index in [4.69, 9.17) is 14.2 Å². The molecule has 0 aliphatic carbocycles. The molecule has 38 heavy (non-hydrogen) atoms. The predicted octanol–water partition coefficient (Wildman–Crippen LogP) is 3.93. The Morgan fingerprint density at radius 2 is 1.74 bits per heavy atom. The van der Waals surface area contributed by atoms with Gasteiger partial charge in [-0.2, -0.15) is 4.98 Å². The molecule has 0 saturated carbocycles. The van der Waals surface area contributed by atoms with E-state index in [9.17, 15) is 23.6 Å². The van der Waals surface area contributed by atoms with Crippen LogP contribution >= 0.6 is 0 Å². The Balaban J connectivity index is 2.53. The number of hydrogen-bond acceptors (Lipinski definition) is 8. The van der Waals surface area contributed by atoms with Crippen molar-refractivity contribution in [2.45, 2.75) is 98.3 Å². The third kappa shape index (κ3) is 7.36. The molecule has 1 aliphatic heterocycles. The molecule has 1 aliphatic rings. The van der Waals surface area contributed by atoms with Gasteiger partial charge in [0.05, 0.1) is 18.0 Å². The van der Waals surface area contributed by atoms with Gasteiger partial charge in [0.15, 0.2) is 30.1 Å². The van der Waals surface area contributed by atoms with Gasteiger partial charge >= 0.3 is 17.6 Å². The number of unbranched alkanes of at least 4 members (excludes halogenated alkanes) is 2. The molecule has 12 heteroatoms. The second-order valence-electron chi connectivity index (χ2n) is 10.5. The van der Waals surface area contributed by atoms with Crippen molar-refractivity contribution in [2.24, 2.45) is 17.8 Å². The Labute approximate surface area is 221 Å². The number of nitrogens with zero attached hydrogens (tertiary/aromatic N) is 2. The van der Waals surface area contributed by atoms with Crippen molar-refractivity contribution in [3.05, 3.63) is 22.5 Å². The normalized spacial score (nSPS) is 23.2. The molecule has 0 bridgehead atoms. The molecule has 1 aromatic heterocycles. The summed E-state index contributed by atoms with van der Waals surface area (Å²) in [5, 5.41) is 2.22. The third-order valence-electron chi connectivity index (χ3n) is 6.23. The number of hydrogen-bond donors (Lipinski definition) is 1. The highest BCUT2D eigenvalue weighted by Gasteiger charge is 2.59. The first kappa shape index (κ1) is 31.3. The fraction of sp³-hybridized carbons (Fsp3) is 0.731. The summed E-state index contributed by atoms with van der Waals surface area (Å²) >= 11 is 0. The zero-order valence-electron chi connectivity index (χ0n) is 23.1. The molecule has 10 nitrogen and oxygen atoms in total. The van der Waals surface area contributed by atoms with E-state index in [-0.39, 0.29) is 6.42 Å². The lowest BCUT2D eigenvalue weighted by molar-refractivity contribution is -0.183. The van der Waals surface area contributed by atoms with Gasteiger partial charge in [0.25, 0.3) is 0 Å². The molecular formula is C26H39F2N3O7. The summed E-state index contributed by atoms with van der Waals surface area (Å²) in [6.07, 6.45) is -2.50. The Kier molecular flexibility index (Phi) is 10.9. The summed E-state index contributed by atoms with van der Waals surface area (Å²) in [7, 11) is 0. The van der Waals surface area contributed by atoms with Gasteiger partial charge in [-0.1, -0.05) is 67.7 Å². The number of ether oxygens (including phenoxy) is 3. The van der Waals surface area contributed by atoms with Gasteiger partial charge in [-0.15, -0.1) is 0 Å². The highest BCUT2D eigenvalue weighted by molar-refractivity contribution is 5.91. The summed E-state index contributed by atoms with van der Waals surface area (Å²) in [5.74, 6) is -5.09. The molecule has 0 spiro atoms. The maximum absolute atomic E-state index is 16.1. The third-order valence-corrected chi connectivity index (χ3v) is 6.23. The first-order valence-corrected chi connectivity index (χ1v) is 13.0. The van der Waals surface area contributed by atoms with Crippen molar-refractivity contribution in [2.75, 3.05) is 11.9 Å². The van der Waals surface area contributed by atoms with Gasteiger partial charge in [0.1, 0.15) is 12.2 Å². The number of anilines is 1. The van der Waals surface area contributed by atoms with Crippen molar-refractivity contribution in [3.8, 4) is 0 Å². The summed E-state index contributed by atoms with van der Waals surface area (Å²) in [6, 6.07) is 0. The van der Waals surface area contributed by atoms with Crippen molar-refractivity contribution in [3.63, 3.8) is 0 Å². The number of rotatable bonds is 12. The van der Waals surface area contributed by atoms with E-state index in [1.54, 1.807) is 41.5 Å². The van der Waals surface area contributed by atoms with E-state index in [1.807, 2.05) is 6.92 Å². The minimum absolute atomic E-state index is 0.145. The number of alkyl halides is 1. The van der Waals surface area contributed by atoms with Gasteiger partial charge in [0, 0.05) is 5.92 Å². The number of carbonyl (C=O) groups excluding carboxylic acids is 3. The molecular weight excluding hydrogens is 504 g/mol. The van der Waals surface area contributed by atoms with Crippen molar-refractivity contribution < 1.29 is 37.4 Å². The highest BCUT2D eigenvalue weighted by Crippen LogP contribution is 2.44. The van der Waals surface area contributed by atoms with Crippen LogP contribution in [0.15, 0.2) is 11.0 Å². The van der Waals surface area contributed by atoms with Crippen LogP contribution in [0, 0.1) is 23.6 Å². The van der Waals surface area contributed by atoms with Crippen LogP contribution in [0.3, 0.4) is 0 Å². The van der Waals surface area contributed by atoms with Crippen LogP contribution in [-0.2, 0) is 28.6 Å². The van der Waals surface area contributed by atoms with E-state index < -0.39 is 83.6 Å². The van der Waals surface area contributed by atoms with E-state index in [2.05, 4.69) is 10.3 Å². The van der Waals surface area contributed by atoms with Gasteiger partial charge < -0.3 is 19.5 Å². The number of carbonyl (C=O) groups is 3. The summed E-state index contributed by atoms with van der Waals surface area (Å²) < 4.78 is 48.5. The minimum atomic E-state index is -2.12. The van der Waals surface area contributed by atoms with E-state index in [1.165, 1.54) is 0 Å². The molecule has 1 aromatic rings. The van der Waals surface area contributed by atoms with Crippen molar-refractivity contribution in [1.29, 1.82) is 0 Å². The van der Waals surface area contributed by atoms with Gasteiger partial charge in [-0.3, -0.25) is 19.0 Å². The molecule has 0 radical (unpaired) electrons. The van der Waals surface area contributed by atoms with Gasteiger partial charge in [-0.25, -0.2) is 13.6 Å². The smallest absolute Gasteiger partial charge is 0.351 e. The van der Waals surface area contributed by atoms with E-state index in [0.717, 1.165) is 12.8 Å². The average molecular weight is 544 g/mol. The molecule has 214 valence electrons. The van der Waals surface area contributed by atoms with Crippen LogP contribution in [0.5, 0.6) is 0 Å². The van der Waals surface area contributed by atoms with Gasteiger partial charge in [0.2, 0.25) is 5.91 Å². The molecule has 2 rings (SSSR count). The lowest BCUT2D eigenvalue weighted by Crippen LogP contribution is -2.49. The maximum atomic E-state index is 16.1. The number of aromatic nitrogens is 2. The van der Waals surface area contributed by atoms with Crippen LogP contribution in [0.1, 0.15) is 80.4 Å². The van der Waals surface area contributed by atoms with Crippen LogP contribution in [0.25, 0.3) is 0 Å². The molecule has 2 heterocycles. The maximum Gasteiger partial charge on any atom is 0.351 e. The van der Waals surface area contributed by atoms with Crippen LogP contribution in [-0.4, -0.2) is 51.9 Å². The predicted molar refractivity (Wildman–Crippen MR) is 134 cm³/mol. The molecule has 1 saturated heterocycles. The fourth-order valence-corrected chi connectivity index (χ4v) is 3.86. The second-order valence-corrected chi connectivity index (χ2v) is 10.5. The fourth-order valence-electron chi connectivity index (χ4n) is 3.86. The van der Waals surface area contributed by atoms with Crippen molar-refractivity contribution in [1.82, 2.24) is 9.55 Å². The van der Waals surface area contributed by atoms with Crippen molar-refractivity contribution >= 4 is 23.7 Å². The number of halogens is 2. The lowest BCUT2D eigenvalue weighted by Gasteiger charge is -2.34. The zero-order valence-corrected chi connectivity index (χ0v) is 23.1. The zero-order chi connectivity index (χ0) is 28.8. The van der Waals surface area contributed by atoms with E-state index in [0.29, 0.717) is 17.2 Å². The Morgan fingerprint density at radius 3 is 2.29 bits per heavy atom. The topological polar surface area (TPSA) is 126 Å². The average Bonchev–Trinajstić information content (AvgIpc) is 3.11. The standard InChI is InChI=1S/C26H39F2N3O7/c1-8-9-10-11-26(13-36-23(33)15(4)5)19(37-24(34)16(6)7)18(28)22(38-26)31-12-17(27)20(30-25(31)35)29-21(32)14(2)3/h12,14-16,18-19,22H,8-11,13H2,1-7H3,(H,29,30,32,35)/t18-,19-,22+,26+/m0/s1. The molecule has 1 amide bonds. The minimum Gasteiger partial charge on any atom is -0.462 e.